The standard InChI is InChI=1S/C15H13N5OS/c21-13(11-20-9-3-7-18-20)19-12-5-8-17-15(10-12)22-14-4-1-2-6-16-14/h1-10H,11H2,(H,17,19,21). The van der Waals surface area contributed by atoms with Gasteiger partial charge in [0.25, 0.3) is 0 Å². The quantitative estimate of drug-likeness (QED) is 0.783. The monoisotopic (exact) mass is 311 g/mol. The van der Waals surface area contributed by atoms with Crippen LogP contribution in [0.3, 0.4) is 0 Å². The number of nitrogens with zero attached hydrogens (tertiary/aromatic N) is 4. The Labute approximate surface area is 131 Å². The average Bonchev–Trinajstić information content (AvgIpc) is 3.01. The third-order valence-electron chi connectivity index (χ3n) is 2.73. The summed E-state index contributed by atoms with van der Waals surface area (Å²) in [6.07, 6.45) is 6.78. The Morgan fingerprint density at radius 3 is 2.77 bits per heavy atom. The molecule has 7 heteroatoms. The Morgan fingerprint density at radius 1 is 1.09 bits per heavy atom. The average molecular weight is 311 g/mol. The van der Waals surface area contributed by atoms with Crippen LogP contribution in [-0.4, -0.2) is 25.7 Å². The molecule has 3 rings (SSSR count). The van der Waals surface area contributed by atoms with E-state index in [0.29, 0.717) is 5.69 Å². The van der Waals surface area contributed by atoms with E-state index in [2.05, 4.69) is 20.4 Å². The van der Waals surface area contributed by atoms with Gasteiger partial charge < -0.3 is 5.32 Å². The summed E-state index contributed by atoms with van der Waals surface area (Å²) in [5, 5.41) is 8.47. The second-order valence-corrected chi connectivity index (χ2v) is 5.45. The van der Waals surface area contributed by atoms with Gasteiger partial charge in [0.1, 0.15) is 16.6 Å². The fourth-order valence-corrected chi connectivity index (χ4v) is 2.57. The third-order valence-corrected chi connectivity index (χ3v) is 3.61. The molecular formula is C15H13N5OS. The predicted octanol–water partition coefficient (Wildman–Crippen LogP) is 2.46. The van der Waals surface area contributed by atoms with Crippen LogP contribution < -0.4 is 5.32 Å². The van der Waals surface area contributed by atoms with Crippen LogP contribution in [0.4, 0.5) is 5.69 Å². The van der Waals surface area contributed by atoms with Crippen molar-refractivity contribution in [2.24, 2.45) is 0 Å². The molecule has 1 amide bonds. The summed E-state index contributed by atoms with van der Waals surface area (Å²) in [5.41, 5.74) is 0.700. The summed E-state index contributed by atoms with van der Waals surface area (Å²) < 4.78 is 1.57. The summed E-state index contributed by atoms with van der Waals surface area (Å²) in [6.45, 7) is 0.179. The molecule has 0 aliphatic heterocycles. The molecular weight excluding hydrogens is 298 g/mol. The van der Waals surface area contributed by atoms with Gasteiger partial charge in [-0.15, -0.1) is 0 Å². The first kappa shape index (κ1) is 14.3. The van der Waals surface area contributed by atoms with Gasteiger partial charge in [-0.25, -0.2) is 9.97 Å². The Balaban J connectivity index is 1.65. The molecule has 22 heavy (non-hydrogen) atoms. The minimum atomic E-state index is -0.135. The van der Waals surface area contributed by atoms with Crippen LogP contribution in [0.2, 0.25) is 0 Å². The molecule has 6 nitrogen and oxygen atoms in total. The number of carbonyl (C=O) groups excluding carboxylic acids is 1. The molecule has 0 fully saturated rings. The van der Waals surface area contributed by atoms with Gasteiger partial charge in [0.2, 0.25) is 5.91 Å². The fraction of sp³-hybridized carbons (Fsp3) is 0.0667. The lowest BCUT2D eigenvalue weighted by atomic mass is 10.4. The van der Waals surface area contributed by atoms with E-state index in [1.807, 2.05) is 24.3 Å². The largest absolute Gasteiger partial charge is 0.324 e. The number of carbonyl (C=O) groups is 1. The van der Waals surface area contributed by atoms with Crippen molar-refractivity contribution in [2.75, 3.05) is 5.32 Å². The van der Waals surface area contributed by atoms with Gasteiger partial charge in [0.05, 0.1) is 0 Å². The van der Waals surface area contributed by atoms with E-state index in [4.69, 9.17) is 0 Å². The molecule has 3 aromatic rings. The minimum absolute atomic E-state index is 0.135. The van der Waals surface area contributed by atoms with E-state index in [1.54, 1.807) is 41.6 Å². The van der Waals surface area contributed by atoms with Crippen molar-refractivity contribution in [1.82, 2.24) is 19.7 Å². The highest BCUT2D eigenvalue weighted by atomic mass is 32.2. The first-order chi connectivity index (χ1) is 10.8. The van der Waals surface area contributed by atoms with Crippen LogP contribution in [-0.2, 0) is 11.3 Å². The normalized spacial score (nSPS) is 10.4. The van der Waals surface area contributed by atoms with Gasteiger partial charge in [0, 0.05) is 30.5 Å². The summed E-state index contributed by atoms with van der Waals surface area (Å²) in [7, 11) is 0. The Morgan fingerprint density at radius 2 is 2.00 bits per heavy atom. The first-order valence-corrected chi connectivity index (χ1v) is 7.43. The van der Waals surface area contributed by atoms with Crippen molar-refractivity contribution in [3.63, 3.8) is 0 Å². The van der Waals surface area contributed by atoms with Crippen LogP contribution in [0.25, 0.3) is 0 Å². The molecule has 110 valence electrons. The van der Waals surface area contributed by atoms with E-state index < -0.39 is 0 Å². The number of nitrogens with one attached hydrogen (secondary N) is 1. The molecule has 1 N–H and O–H groups in total. The van der Waals surface area contributed by atoms with Crippen molar-refractivity contribution in [1.29, 1.82) is 0 Å². The second-order valence-electron chi connectivity index (χ2n) is 4.40. The van der Waals surface area contributed by atoms with Crippen LogP contribution in [0.15, 0.2) is 71.2 Å². The van der Waals surface area contributed by atoms with Gasteiger partial charge in [-0.2, -0.15) is 5.10 Å². The molecule has 3 aromatic heterocycles. The highest BCUT2D eigenvalue weighted by Crippen LogP contribution is 2.25. The molecule has 0 radical (unpaired) electrons. The SMILES string of the molecule is O=C(Cn1cccn1)Nc1ccnc(Sc2ccccn2)c1. The maximum Gasteiger partial charge on any atom is 0.246 e. The van der Waals surface area contributed by atoms with Crippen LogP contribution in [0.1, 0.15) is 0 Å². The number of amides is 1. The predicted molar refractivity (Wildman–Crippen MR) is 83.5 cm³/mol. The smallest absolute Gasteiger partial charge is 0.246 e. The topological polar surface area (TPSA) is 72.7 Å². The number of hydrogen-bond acceptors (Lipinski definition) is 5. The molecule has 0 spiro atoms. The first-order valence-electron chi connectivity index (χ1n) is 6.62. The summed E-state index contributed by atoms with van der Waals surface area (Å²) >= 11 is 1.44. The van der Waals surface area contributed by atoms with E-state index in [9.17, 15) is 4.79 Å². The summed E-state index contributed by atoms with van der Waals surface area (Å²) in [5.74, 6) is -0.135. The van der Waals surface area contributed by atoms with Gasteiger partial charge in [-0.05, 0) is 30.3 Å². The second kappa shape index (κ2) is 6.86. The zero-order valence-corrected chi connectivity index (χ0v) is 12.4. The van der Waals surface area contributed by atoms with Gasteiger partial charge >= 0.3 is 0 Å². The van der Waals surface area contributed by atoms with Crippen molar-refractivity contribution >= 4 is 23.4 Å². The van der Waals surface area contributed by atoms with Crippen LogP contribution in [0.5, 0.6) is 0 Å². The van der Waals surface area contributed by atoms with Crippen molar-refractivity contribution in [2.45, 2.75) is 16.6 Å². The lowest BCUT2D eigenvalue weighted by molar-refractivity contribution is -0.116. The molecule has 0 aliphatic rings. The molecule has 0 aromatic carbocycles. The van der Waals surface area contributed by atoms with E-state index in [1.165, 1.54) is 11.8 Å². The molecule has 0 saturated heterocycles. The van der Waals surface area contributed by atoms with Crippen LogP contribution in [0, 0.1) is 0 Å². The molecule has 0 bridgehead atoms. The van der Waals surface area contributed by atoms with Crippen LogP contribution >= 0.6 is 11.8 Å². The number of hydrogen-bond donors (Lipinski definition) is 1. The van der Waals surface area contributed by atoms with Crippen molar-refractivity contribution in [3.05, 3.63) is 61.2 Å². The molecule has 0 saturated carbocycles. The number of aromatic nitrogens is 4. The lowest BCUT2D eigenvalue weighted by Gasteiger charge is -2.06. The lowest BCUT2D eigenvalue weighted by Crippen LogP contribution is -2.19. The van der Waals surface area contributed by atoms with Crippen molar-refractivity contribution < 1.29 is 4.79 Å². The zero-order valence-electron chi connectivity index (χ0n) is 11.6. The number of pyridine rings is 2. The van der Waals surface area contributed by atoms with E-state index >= 15 is 0 Å². The Hall–Kier alpha value is -2.67. The van der Waals surface area contributed by atoms with Gasteiger partial charge in [-0.3, -0.25) is 9.48 Å². The van der Waals surface area contributed by atoms with Gasteiger partial charge in [-0.1, -0.05) is 17.8 Å². The fourth-order valence-electron chi connectivity index (χ4n) is 1.80. The summed E-state index contributed by atoms with van der Waals surface area (Å²) in [4.78, 5) is 20.4. The molecule has 3 heterocycles. The number of rotatable bonds is 5. The Bertz CT molecular complexity index is 746. The van der Waals surface area contributed by atoms with E-state index in [0.717, 1.165) is 10.1 Å². The molecule has 0 atom stereocenters. The molecule has 0 aliphatic carbocycles. The third kappa shape index (κ3) is 3.92. The number of anilines is 1. The Kier molecular flexibility index (Phi) is 4.45. The highest BCUT2D eigenvalue weighted by Gasteiger charge is 2.06. The maximum atomic E-state index is 11.9. The van der Waals surface area contributed by atoms with Crippen molar-refractivity contribution in [3.8, 4) is 0 Å². The summed E-state index contributed by atoms with van der Waals surface area (Å²) in [6, 6.07) is 11.1. The molecule has 0 unspecified atom stereocenters. The van der Waals surface area contributed by atoms with Gasteiger partial charge in [0.15, 0.2) is 0 Å². The minimum Gasteiger partial charge on any atom is -0.324 e. The maximum absolute atomic E-state index is 11.9. The zero-order chi connectivity index (χ0) is 15.2. The van der Waals surface area contributed by atoms with E-state index in [-0.39, 0.29) is 12.5 Å². The highest BCUT2D eigenvalue weighted by molar-refractivity contribution is 7.99.